The third-order valence-electron chi connectivity index (χ3n) is 4.20. The SMILES string of the molecule is COc1ccc(NC(=O)[C@H](C)OC(=O)c2[nH]c(C)c(C(=O)OC(C)C)c2C)cc1. The second-order valence-electron chi connectivity index (χ2n) is 6.84. The summed E-state index contributed by atoms with van der Waals surface area (Å²) in [6, 6.07) is 6.76. The van der Waals surface area contributed by atoms with Gasteiger partial charge in [0.2, 0.25) is 0 Å². The number of carbonyl (C=O) groups excluding carboxylic acids is 3. The van der Waals surface area contributed by atoms with E-state index in [1.165, 1.54) is 6.92 Å². The summed E-state index contributed by atoms with van der Waals surface area (Å²) in [5.41, 5.74) is 1.86. The average Bonchev–Trinajstić information content (AvgIpc) is 2.96. The van der Waals surface area contributed by atoms with Gasteiger partial charge in [-0.25, -0.2) is 9.59 Å². The van der Waals surface area contributed by atoms with Crippen LogP contribution in [0.2, 0.25) is 0 Å². The number of ether oxygens (including phenoxy) is 3. The molecule has 0 radical (unpaired) electrons. The third-order valence-corrected chi connectivity index (χ3v) is 4.20. The predicted molar refractivity (Wildman–Crippen MR) is 107 cm³/mol. The number of amides is 1. The molecule has 1 atom stereocenters. The molecule has 29 heavy (non-hydrogen) atoms. The fourth-order valence-electron chi connectivity index (χ4n) is 2.72. The Hall–Kier alpha value is -3.29. The fraction of sp³-hybridized carbons (Fsp3) is 0.381. The number of methoxy groups -OCH3 is 1. The molecule has 1 heterocycles. The summed E-state index contributed by atoms with van der Waals surface area (Å²) in [5.74, 6) is -1.07. The van der Waals surface area contributed by atoms with Crippen molar-refractivity contribution in [2.75, 3.05) is 12.4 Å². The summed E-state index contributed by atoms with van der Waals surface area (Å²) < 4.78 is 15.5. The summed E-state index contributed by atoms with van der Waals surface area (Å²) in [6.45, 7) is 8.25. The molecule has 0 spiro atoms. The number of aromatic nitrogens is 1. The van der Waals surface area contributed by atoms with E-state index in [0.29, 0.717) is 28.3 Å². The van der Waals surface area contributed by atoms with Crippen LogP contribution < -0.4 is 10.1 Å². The topological polar surface area (TPSA) is 107 Å². The van der Waals surface area contributed by atoms with Crippen LogP contribution in [0.5, 0.6) is 5.75 Å². The molecule has 2 N–H and O–H groups in total. The monoisotopic (exact) mass is 402 g/mol. The first-order valence-corrected chi connectivity index (χ1v) is 9.20. The molecular weight excluding hydrogens is 376 g/mol. The maximum atomic E-state index is 12.5. The maximum absolute atomic E-state index is 12.5. The van der Waals surface area contributed by atoms with Crippen LogP contribution in [0.1, 0.15) is 52.9 Å². The molecule has 0 saturated carbocycles. The summed E-state index contributed by atoms with van der Waals surface area (Å²) in [6.07, 6.45) is -1.33. The van der Waals surface area contributed by atoms with Gasteiger partial charge < -0.3 is 24.5 Å². The van der Waals surface area contributed by atoms with Crippen molar-refractivity contribution in [1.82, 2.24) is 4.98 Å². The van der Waals surface area contributed by atoms with Gasteiger partial charge in [-0.1, -0.05) is 0 Å². The second kappa shape index (κ2) is 9.27. The first-order chi connectivity index (χ1) is 13.6. The average molecular weight is 402 g/mol. The lowest BCUT2D eigenvalue weighted by Crippen LogP contribution is -2.30. The zero-order valence-corrected chi connectivity index (χ0v) is 17.4. The van der Waals surface area contributed by atoms with Gasteiger partial charge in [0.1, 0.15) is 11.4 Å². The Morgan fingerprint density at radius 1 is 0.966 bits per heavy atom. The van der Waals surface area contributed by atoms with Gasteiger partial charge in [-0.05, 0) is 64.4 Å². The summed E-state index contributed by atoms with van der Waals surface area (Å²) in [7, 11) is 1.55. The van der Waals surface area contributed by atoms with E-state index in [2.05, 4.69) is 10.3 Å². The van der Waals surface area contributed by atoms with Crippen molar-refractivity contribution in [2.45, 2.75) is 46.8 Å². The molecule has 1 amide bonds. The Labute approximate surface area is 169 Å². The van der Waals surface area contributed by atoms with Gasteiger partial charge in [0.25, 0.3) is 5.91 Å². The minimum absolute atomic E-state index is 0.113. The molecule has 2 aromatic rings. The number of hydrogen-bond donors (Lipinski definition) is 2. The molecule has 1 aromatic carbocycles. The standard InChI is InChI=1S/C21H26N2O6/c1-11(2)28-20(25)17-12(3)18(22-13(17)4)21(26)29-14(5)19(24)23-15-7-9-16(27-6)10-8-15/h7-11,14,22H,1-6H3,(H,23,24)/t14-/m0/s1. The molecule has 0 aliphatic carbocycles. The van der Waals surface area contributed by atoms with E-state index in [4.69, 9.17) is 14.2 Å². The molecular formula is C21H26N2O6. The number of aromatic amines is 1. The molecule has 0 bridgehead atoms. The minimum atomic E-state index is -1.04. The van der Waals surface area contributed by atoms with Gasteiger partial charge in [-0.15, -0.1) is 0 Å². The molecule has 0 aliphatic rings. The molecule has 1 aromatic heterocycles. The summed E-state index contributed by atoms with van der Waals surface area (Å²) in [4.78, 5) is 39.9. The highest BCUT2D eigenvalue weighted by atomic mass is 16.6. The van der Waals surface area contributed by atoms with Crippen molar-refractivity contribution in [1.29, 1.82) is 0 Å². The van der Waals surface area contributed by atoms with Crippen LogP contribution in [-0.4, -0.2) is 42.1 Å². The smallest absolute Gasteiger partial charge is 0.355 e. The largest absolute Gasteiger partial charge is 0.497 e. The van der Waals surface area contributed by atoms with E-state index in [1.807, 2.05) is 0 Å². The van der Waals surface area contributed by atoms with Crippen molar-refractivity contribution in [3.05, 3.63) is 46.8 Å². The molecule has 0 saturated heterocycles. The second-order valence-corrected chi connectivity index (χ2v) is 6.84. The van der Waals surface area contributed by atoms with Crippen LogP contribution in [0, 0.1) is 13.8 Å². The molecule has 156 valence electrons. The number of H-pyrrole nitrogens is 1. The Morgan fingerprint density at radius 3 is 2.14 bits per heavy atom. The van der Waals surface area contributed by atoms with E-state index in [9.17, 15) is 14.4 Å². The zero-order valence-electron chi connectivity index (χ0n) is 17.4. The normalized spacial score (nSPS) is 11.7. The molecule has 0 fully saturated rings. The van der Waals surface area contributed by atoms with Crippen LogP contribution >= 0.6 is 0 Å². The van der Waals surface area contributed by atoms with Crippen molar-refractivity contribution in [3.8, 4) is 5.75 Å². The van der Waals surface area contributed by atoms with Gasteiger partial charge in [0, 0.05) is 11.4 Å². The molecule has 2 rings (SSSR count). The molecule has 0 aliphatic heterocycles. The first kappa shape index (κ1) is 22.0. The van der Waals surface area contributed by atoms with Gasteiger partial charge in [-0.2, -0.15) is 0 Å². The maximum Gasteiger partial charge on any atom is 0.355 e. The van der Waals surface area contributed by atoms with Crippen LogP contribution in [0.4, 0.5) is 5.69 Å². The van der Waals surface area contributed by atoms with Crippen molar-refractivity contribution < 1.29 is 28.6 Å². The minimum Gasteiger partial charge on any atom is -0.497 e. The number of anilines is 1. The van der Waals surface area contributed by atoms with Crippen LogP contribution in [-0.2, 0) is 14.3 Å². The lowest BCUT2D eigenvalue weighted by Gasteiger charge is -2.14. The number of nitrogens with one attached hydrogen (secondary N) is 2. The molecule has 8 nitrogen and oxygen atoms in total. The quantitative estimate of drug-likeness (QED) is 0.688. The van der Waals surface area contributed by atoms with Gasteiger partial charge >= 0.3 is 11.9 Å². The highest BCUT2D eigenvalue weighted by Gasteiger charge is 2.27. The van der Waals surface area contributed by atoms with Crippen LogP contribution in [0.25, 0.3) is 0 Å². The lowest BCUT2D eigenvalue weighted by molar-refractivity contribution is -0.123. The fourth-order valence-corrected chi connectivity index (χ4v) is 2.72. The van der Waals surface area contributed by atoms with E-state index < -0.39 is 23.9 Å². The number of carbonyl (C=O) groups is 3. The summed E-state index contributed by atoms with van der Waals surface area (Å²) in [5, 5.41) is 2.66. The van der Waals surface area contributed by atoms with E-state index in [-0.39, 0.29) is 11.8 Å². The Bertz CT molecular complexity index is 899. The van der Waals surface area contributed by atoms with Crippen LogP contribution in [0.3, 0.4) is 0 Å². The zero-order chi connectivity index (χ0) is 21.7. The van der Waals surface area contributed by atoms with E-state index >= 15 is 0 Å². The third kappa shape index (κ3) is 5.37. The van der Waals surface area contributed by atoms with E-state index in [1.54, 1.807) is 59.1 Å². The number of hydrogen-bond acceptors (Lipinski definition) is 6. The van der Waals surface area contributed by atoms with Gasteiger partial charge in [0.15, 0.2) is 6.10 Å². The van der Waals surface area contributed by atoms with Crippen molar-refractivity contribution in [3.63, 3.8) is 0 Å². The molecule has 8 heteroatoms. The van der Waals surface area contributed by atoms with E-state index in [0.717, 1.165) is 0 Å². The Balaban J connectivity index is 2.06. The highest BCUT2D eigenvalue weighted by molar-refractivity contribution is 6.00. The number of benzene rings is 1. The van der Waals surface area contributed by atoms with Crippen LogP contribution in [0.15, 0.2) is 24.3 Å². The first-order valence-electron chi connectivity index (χ1n) is 9.20. The summed E-state index contributed by atoms with van der Waals surface area (Å²) >= 11 is 0. The Morgan fingerprint density at radius 2 is 1.59 bits per heavy atom. The number of aryl methyl sites for hydroxylation is 1. The lowest BCUT2D eigenvalue weighted by atomic mass is 10.1. The van der Waals surface area contributed by atoms with Gasteiger partial charge in [-0.3, -0.25) is 4.79 Å². The van der Waals surface area contributed by atoms with Crippen molar-refractivity contribution in [2.24, 2.45) is 0 Å². The predicted octanol–water partition coefficient (Wildman–Crippen LogP) is 3.39. The highest BCUT2D eigenvalue weighted by Crippen LogP contribution is 2.21. The number of esters is 2. The Kier molecular flexibility index (Phi) is 7.03. The number of rotatable bonds is 7. The van der Waals surface area contributed by atoms with Gasteiger partial charge in [0.05, 0.1) is 18.8 Å². The molecule has 0 unspecified atom stereocenters. The van der Waals surface area contributed by atoms with Crippen molar-refractivity contribution >= 4 is 23.5 Å².